The number of halogens is 4. The number of aliphatic hydroxyl groups is 1. The highest BCUT2D eigenvalue weighted by atomic mass is 35.5. The molecule has 118 heavy (non-hydrogen) atoms. The van der Waals surface area contributed by atoms with Crippen molar-refractivity contribution in [1.29, 1.82) is 0 Å². The van der Waals surface area contributed by atoms with Crippen LogP contribution in [0.1, 0.15) is 138 Å². The molecule has 6 heterocycles. The van der Waals surface area contributed by atoms with E-state index in [9.17, 15) is 59.1 Å². The number of likely N-dealkylation sites (tertiary alicyclic amines) is 3. The van der Waals surface area contributed by atoms with Crippen molar-refractivity contribution < 1.29 is 63.8 Å². The van der Waals surface area contributed by atoms with Crippen molar-refractivity contribution in [3.8, 4) is 10.4 Å². The van der Waals surface area contributed by atoms with Gasteiger partial charge in [0.1, 0.15) is 17.0 Å². The molecule has 5 amide bonds. The number of likely N-dealkylation sites (N-methyl/N-ethyl adjacent to an activating group) is 1. The van der Waals surface area contributed by atoms with E-state index < -0.39 is 82.3 Å². The van der Waals surface area contributed by atoms with Gasteiger partial charge in [-0.1, -0.05) is 99.5 Å². The molecule has 6 aliphatic rings. The smallest absolute Gasteiger partial charge is 0.391 e. The van der Waals surface area contributed by atoms with Crippen molar-refractivity contribution in [2.45, 2.75) is 163 Å². The minimum atomic E-state index is -6.11. The minimum Gasteiger partial charge on any atom is -0.391 e. The van der Waals surface area contributed by atoms with Crippen molar-refractivity contribution >= 4 is 101 Å². The van der Waals surface area contributed by atoms with Crippen LogP contribution in [0.15, 0.2) is 147 Å². The molecule has 5 aromatic carbocycles. The summed E-state index contributed by atoms with van der Waals surface area (Å²) >= 11 is 9.44. The number of benzene rings is 5. The van der Waals surface area contributed by atoms with Crippen LogP contribution in [-0.4, -0.2) is 246 Å². The Morgan fingerprint density at radius 2 is 1.47 bits per heavy atom. The number of aromatic nitrogens is 1. The van der Waals surface area contributed by atoms with Crippen molar-refractivity contribution in [2.24, 2.45) is 22.7 Å². The van der Waals surface area contributed by atoms with Gasteiger partial charge in [-0.2, -0.15) is 13.2 Å². The number of piperazine rings is 1. The van der Waals surface area contributed by atoms with E-state index in [1.165, 1.54) is 45.5 Å². The summed E-state index contributed by atoms with van der Waals surface area (Å²) in [6.07, 6.45) is 7.70. The van der Waals surface area contributed by atoms with Crippen LogP contribution in [0.25, 0.3) is 16.0 Å². The Balaban J connectivity index is 0.583. The van der Waals surface area contributed by atoms with Crippen LogP contribution in [0.2, 0.25) is 5.02 Å². The number of β-amino-alcohol motifs (C(OH)–C–C–N with tert-alkyl or cyclic N) is 1. The quantitative estimate of drug-likeness (QED) is 0.0262. The third-order valence-electron chi connectivity index (χ3n) is 24.2. The lowest BCUT2D eigenvalue weighted by atomic mass is 9.70. The number of thioether (sulfide) groups is 1. The van der Waals surface area contributed by atoms with Crippen LogP contribution in [0.4, 0.5) is 24.5 Å². The van der Waals surface area contributed by atoms with Gasteiger partial charge in [-0.25, -0.2) is 26.5 Å². The molecule has 23 nitrogen and oxygen atoms in total. The Morgan fingerprint density at radius 3 is 2.14 bits per heavy atom. The summed E-state index contributed by atoms with van der Waals surface area (Å²) in [4.78, 5) is 88.4. The second kappa shape index (κ2) is 39.6. The van der Waals surface area contributed by atoms with Gasteiger partial charge in [-0.3, -0.25) is 33.8 Å². The molecule has 31 heteroatoms. The molecule has 0 saturated carbocycles. The predicted octanol–water partition coefficient (Wildman–Crippen LogP) is 12.3. The molecule has 0 bridgehead atoms. The Labute approximate surface area is 706 Å². The molecule has 0 spiro atoms. The first kappa shape index (κ1) is 89.8. The molecular formula is C87H114ClF3N12O11S4. The zero-order valence-corrected chi connectivity index (χ0v) is 72.7. The average molecular weight is 1720 g/mol. The van der Waals surface area contributed by atoms with E-state index in [0.29, 0.717) is 94.1 Å². The monoisotopic (exact) mass is 1720 g/mol. The highest BCUT2D eigenvalue weighted by Crippen LogP contribution is 2.46. The number of anilines is 2. The van der Waals surface area contributed by atoms with Crippen LogP contribution >= 0.6 is 34.7 Å². The molecule has 1 aliphatic carbocycles. The first-order chi connectivity index (χ1) is 56.1. The maximum absolute atomic E-state index is 14.5. The number of nitrogens with zero attached hydrogens (tertiary/aromatic N) is 8. The number of amides is 5. The SMILES string of the molecule is Cc1ncsc1-c1ccc([C@H](C)NC(=O)[C@@H]2C[C@@H](O)CN2C(=O)C(NC(=O)CN(C)CCC(=O)N2CCC(C3CCN(C[C@]4(C)CCC(c5ccc(Cl)cc5)=C(CN5CCN(c6ccc(C(=O)NS(=O)(=O)c7ccc(N[C@H](CCN8CCCOCC8)CSc8ccccc8)c(S(=O)(=O)C(F)(F)F)c7)cc6)CC5)C4)CC3)CC2)C(C)(C)C)cc1. The third-order valence-corrected chi connectivity index (χ3v) is 29.5. The van der Waals surface area contributed by atoms with Gasteiger partial charge in [-0.05, 0) is 203 Å². The molecule has 5 N–H and O–H groups in total. The fourth-order valence-corrected chi connectivity index (χ4v) is 21.4. The number of thiazole rings is 1. The molecular weight excluding hydrogens is 1610 g/mol. The Kier molecular flexibility index (Phi) is 30.1. The highest BCUT2D eigenvalue weighted by Gasteiger charge is 2.50. The van der Waals surface area contributed by atoms with Crippen molar-refractivity contribution in [2.75, 3.05) is 141 Å². The summed E-state index contributed by atoms with van der Waals surface area (Å²) in [7, 11) is -9.24. The molecule has 1 unspecified atom stereocenters. The number of sulfone groups is 1. The molecule has 1 aromatic heterocycles. The molecule has 5 fully saturated rings. The Morgan fingerprint density at radius 1 is 0.797 bits per heavy atom. The van der Waals surface area contributed by atoms with Crippen LogP contribution in [0, 0.1) is 29.6 Å². The molecule has 6 atom stereocenters. The average Bonchev–Trinajstić information content (AvgIpc) is 0.916. The molecule has 5 aliphatic heterocycles. The largest absolute Gasteiger partial charge is 0.501 e. The number of allylic oxidation sites excluding steroid dienone is 1. The van der Waals surface area contributed by atoms with Gasteiger partial charge in [0.2, 0.25) is 23.6 Å². The highest BCUT2D eigenvalue weighted by molar-refractivity contribution is 7.99. The third kappa shape index (κ3) is 23.4. The van der Waals surface area contributed by atoms with Crippen LogP contribution in [0.5, 0.6) is 0 Å². The second-order valence-electron chi connectivity index (χ2n) is 34.2. The lowest BCUT2D eigenvalue weighted by Gasteiger charge is -2.45. The fraction of sp³-hybridized carbons (Fsp3) is 0.540. The van der Waals surface area contributed by atoms with E-state index >= 15 is 0 Å². The number of sulfonamides is 1. The number of ether oxygens (including phenoxy) is 1. The van der Waals surface area contributed by atoms with E-state index in [2.05, 4.69) is 59.6 Å². The lowest BCUT2D eigenvalue weighted by molar-refractivity contribution is -0.144. The maximum Gasteiger partial charge on any atom is 0.501 e. The number of rotatable bonds is 30. The number of aryl methyl sites for hydroxylation is 1. The Bertz CT molecular complexity index is 4700. The fourth-order valence-electron chi connectivity index (χ4n) is 17.5. The van der Waals surface area contributed by atoms with Crippen molar-refractivity contribution in [3.05, 3.63) is 160 Å². The van der Waals surface area contributed by atoms with Gasteiger partial charge >= 0.3 is 5.51 Å². The standard InChI is InChI=1S/C87H114ClF3N12O11S4/c1-59(61-14-16-65(17-15-61)80-60(2)92-58-116-80)93-83(108)76-50-71(104)54-103(76)84(109)81(85(3,4)5)95-78(105)55-97(7)37-34-79(106)102-41-31-63(32-42-102)62-29-38-100(39-30-62)57-86(6)35-28-74(64-18-22-68(88)23-19-64)67(52-86)53-99-43-45-101(46-44-99)70-24-20-66(21-25-70)82(107)96-118(112,113)73-26-27-75(77(51-73)117(110,111)87(89,90)91)94-69(56-115-72-12-9-8-10-13-72)33-40-98-36-11-48-114-49-47-98/h8-10,12-27,51,58-59,62-63,69,71,76,81,94,104H,11,28-50,52-57H2,1-7H3,(H,93,108)(H,95,105)(H,96,107)/t59-,69+,71+,76-,81?,86+/m0/s1. The van der Waals surface area contributed by atoms with E-state index in [0.717, 1.165) is 142 Å². The van der Waals surface area contributed by atoms with Gasteiger partial charge < -0.3 is 50.3 Å². The first-order valence-electron chi connectivity index (χ1n) is 41.2. The number of piperidine rings is 2. The molecule has 12 rings (SSSR count). The van der Waals surface area contributed by atoms with Gasteiger partial charge in [0.25, 0.3) is 25.8 Å². The number of hydrogen-bond donors (Lipinski definition) is 5. The van der Waals surface area contributed by atoms with Gasteiger partial charge in [0, 0.05) is 137 Å². The summed E-state index contributed by atoms with van der Waals surface area (Å²) in [6.45, 7) is 23.3. The van der Waals surface area contributed by atoms with E-state index in [-0.39, 0.29) is 60.7 Å². The molecule has 640 valence electrons. The Hall–Kier alpha value is -7.49. The maximum atomic E-state index is 14.5. The number of aliphatic hydroxyl groups excluding tert-OH is 1. The van der Waals surface area contributed by atoms with Gasteiger partial charge in [-0.15, -0.1) is 23.1 Å². The second-order valence-corrected chi connectivity index (χ2v) is 40.2. The number of nitrogens with one attached hydrogen (secondary N) is 4. The molecule has 0 radical (unpaired) electrons. The van der Waals surface area contributed by atoms with Crippen LogP contribution in [-0.2, 0) is 43.8 Å². The minimum absolute atomic E-state index is 0.0285. The zero-order chi connectivity index (χ0) is 84.3. The van der Waals surface area contributed by atoms with Crippen LogP contribution in [0.3, 0.4) is 0 Å². The zero-order valence-electron chi connectivity index (χ0n) is 68.6. The lowest BCUT2D eigenvalue weighted by Crippen LogP contribution is -2.58. The summed E-state index contributed by atoms with van der Waals surface area (Å²) in [5.41, 5.74) is 2.55. The van der Waals surface area contributed by atoms with Crippen LogP contribution < -0.4 is 25.6 Å². The summed E-state index contributed by atoms with van der Waals surface area (Å²) < 4.78 is 105. The summed E-state index contributed by atoms with van der Waals surface area (Å²) in [5.74, 6) is -0.733. The summed E-state index contributed by atoms with van der Waals surface area (Å²) in [5, 5.41) is 20.6. The molecule has 6 aromatic rings. The van der Waals surface area contributed by atoms with Gasteiger partial charge in [0.15, 0.2) is 0 Å². The number of hydrogen-bond acceptors (Lipinski definition) is 20. The normalized spacial score (nSPS) is 21.0. The van der Waals surface area contributed by atoms with E-state index in [4.69, 9.17) is 16.3 Å². The van der Waals surface area contributed by atoms with E-state index in [1.807, 2.05) is 116 Å². The first-order valence-corrected chi connectivity index (χ1v) is 46.5. The molecule has 5 saturated heterocycles. The van der Waals surface area contributed by atoms with Gasteiger partial charge in [0.05, 0.1) is 52.0 Å². The van der Waals surface area contributed by atoms with Crippen molar-refractivity contribution in [1.82, 2.24) is 49.7 Å². The number of carbonyl (C=O) groups excluding carboxylic acids is 5. The van der Waals surface area contributed by atoms with Crippen molar-refractivity contribution in [3.63, 3.8) is 0 Å². The summed E-state index contributed by atoms with van der Waals surface area (Å²) in [6, 6.07) is 31.5. The number of alkyl halides is 3. The predicted molar refractivity (Wildman–Crippen MR) is 458 cm³/mol. The van der Waals surface area contributed by atoms with E-state index in [1.54, 1.807) is 35.4 Å². The number of carbonyl (C=O) groups is 5. The topological polar surface area (TPSA) is 267 Å².